The average Bonchev–Trinajstić information content (AvgIpc) is 2.58. The number of halogens is 1. The number of nitrogens with zero attached hydrogens (tertiary/aromatic N) is 3. The Hall–Kier alpha value is -0.570. The average molecular weight is 244 g/mol. The lowest BCUT2D eigenvalue weighted by Gasteiger charge is -2.18. The van der Waals surface area contributed by atoms with E-state index in [4.69, 9.17) is 11.6 Å². The summed E-state index contributed by atoms with van der Waals surface area (Å²) in [5.41, 5.74) is 0. The summed E-state index contributed by atoms with van der Waals surface area (Å²) >= 11 is 5.89. The van der Waals surface area contributed by atoms with Crippen LogP contribution in [0.4, 0.5) is 0 Å². The van der Waals surface area contributed by atoms with Crippen molar-refractivity contribution in [2.24, 2.45) is 11.8 Å². The summed E-state index contributed by atoms with van der Waals surface area (Å²) in [5.74, 6) is 3.96. The highest BCUT2D eigenvalue weighted by Crippen LogP contribution is 2.23. The normalized spacial score (nSPS) is 13.8. The quantitative estimate of drug-likeness (QED) is 0.742. The molecule has 1 heterocycles. The van der Waals surface area contributed by atoms with Crippen LogP contribution in [0.15, 0.2) is 0 Å². The fourth-order valence-electron chi connectivity index (χ4n) is 1.65. The monoisotopic (exact) mass is 243 g/mol. The molecule has 16 heavy (non-hydrogen) atoms. The lowest BCUT2D eigenvalue weighted by atomic mass is 9.97. The minimum Gasteiger partial charge on any atom is -0.313 e. The zero-order valence-corrected chi connectivity index (χ0v) is 11.6. The Morgan fingerprint density at radius 2 is 1.75 bits per heavy atom. The van der Waals surface area contributed by atoms with E-state index in [-0.39, 0.29) is 0 Å². The molecule has 0 aliphatic rings. The van der Waals surface area contributed by atoms with Crippen molar-refractivity contribution in [3.63, 3.8) is 0 Å². The third-order valence-electron chi connectivity index (χ3n) is 2.93. The van der Waals surface area contributed by atoms with Gasteiger partial charge < -0.3 is 4.57 Å². The molecule has 1 atom stereocenters. The standard InChI is InChI=1S/C12H22ClN3/c1-8(2)7-16-11(6-13)14-15-12(16)10(5)9(3)4/h8-10H,6-7H2,1-5H3. The zero-order valence-electron chi connectivity index (χ0n) is 10.9. The fourth-order valence-corrected chi connectivity index (χ4v) is 1.84. The third kappa shape index (κ3) is 2.97. The van der Waals surface area contributed by atoms with Gasteiger partial charge in [0.05, 0.1) is 5.88 Å². The molecule has 0 N–H and O–H groups in total. The van der Waals surface area contributed by atoms with Crippen LogP contribution in [0.1, 0.15) is 52.2 Å². The van der Waals surface area contributed by atoms with E-state index < -0.39 is 0 Å². The summed E-state index contributed by atoms with van der Waals surface area (Å²) in [6, 6.07) is 0. The Balaban J connectivity index is 3.04. The van der Waals surface area contributed by atoms with E-state index >= 15 is 0 Å². The van der Waals surface area contributed by atoms with Crippen molar-refractivity contribution in [3.8, 4) is 0 Å². The van der Waals surface area contributed by atoms with Crippen molar-refractivity contribution in [2.75, 3.05) is 0 Å². The number of rotatable bonds is 5. The van der Waals surface area contributed by atoms with Crippen LogP contribution < -0.4 is 0 Å². The molecule has 0 aliphatic heterocycles. The summed E-state index contributed by atoms with van der Waals surface area (Å²) in [6.45, 7) is 12.0. The van der Waals surface area contributed by atoms with E-state index in [0.717, 1.165) is 18.2 Å². The maximum atomic E-state index is 5.89. The molecule has 0 fully saturated rings. The minimum atomic E-state index is 0.420. The molecule has 0 saturated heterocycles. The van der Waals surface area contributed by atoms with E-state index in [2.05, 4.69) is 49.4 Å². The first-order valence-electron chi connectivity index (χ1n) is 5.95. The molecule has 0 saturated carbocycles. The Kier molecular flexibility index (Phi) is 4.78. The van der Waals surface area contributed by atoms with Gasteiger partial charge >= 0.3 is 0 Å². The number of hydrogen-bond donors (Lipinski definition) is 0. The van der Waals surface area contributed by atoms with Gasteiger partial charge in [-0.15, -0.1) is 21.8 Å². The SMILES string of the molecule is CC(C)Cn1c(CCl)nnc1C(C)C(C)C. The summed E-state index contributed by atoms with van der Waals surface area (Å²) in [7, 11) is 0. The number of alkyl halides is 1. The van der Waals surface area contributed by atoms with Crippen LogP contribution in [0.3, 0.4) is 0 Å². The molecule has 0 bridgehead atoms. The Morgan fingerprint density at radius 3 is 2.19 bits per heavy atom. The van der Waals surface area contributed by atoms with Crippen molar-refractivity contribution in [2.45, 2.75) is 53.0 Å². The molecule has 92 valence electrons. The van der Waals surface area contributed by atoms with Crippen LogP contribution in [-0.2, 0) is 12.4 Å². The van der Waals surface area contributed by atoms with Gasteiger partial charge in [-0.05, 0) is 11.8 Å². The molecule has 0 spiro atoms. The summed E-state index contributed by atoms with van der Waals surface area (Å²) < 4.78 is 2.18. The molecule has 4 heteroatoms. The molecule has 0 amide bonds. The fraction of sp³-hybridized carbons (Fsp3) is 0.833. The van der Waals surface area contributed by atoms with Crippen LogP contribution in [0, 0.1) is 11.8 Å². The number of aromatic nitrogens is 3. The van der Waals surface area contributed by atoms with Crippen LogP contribution in [0.5, 0.6) is 0 Å². The van der Waals surface area contributed by atoms with Crippen molar-refractivity contribution in [1.82, 2.24) is 14.8 Å². The van der Waals surface area contributed by atoms with Crippen molar-refractivity contribution in [1.29, 1.82) is 0 Å². The van der Waals surface area contributed by atoms with Gasteiger partial charge in [0.25, 0.3) is 0 Å². The Morgan fingerprint density at radius 1 is 1.12 bits per heavy atom. The van der Waals surface area contributed by atoms with Crippen molar-refractivity contribution >= 4 is 11.6 Å². The molecule has 3 nitrogen and oxygen atoms in total. The predicted molar refractivity (Wildman–Crippen MR) is 67.7 cm³/mol. The van der Waals surface area contributed by atoms with Gasteiger partial charge in [0.1, 0.15) is 11.6 Å². The van der Waals surface area contributed by atoms with E-state index in [0.29, 0.717) is 23.6 Å². The van der Waals surface area contributed by atoms with Crippen LogP contribution in [0.2, 0.25) is 0 Å². The van der Waals surface area contributed by atoms with E-state index in [1.165, 1.54) is 0 Å². The van der Waals surface area contributed by atoms with E-state index in [9.17, 15) is 0 Å². The lowest BCUT2D eigenvalue weighted by Crippen LogP contribution is -2.15. The summed E-state index contributed by atoms with van der Waals surface area (Å²) in [5, 5.41) is 8.46. The van der Waals surface area contributed by atoms with Crippen LogP contribution in [-0.4, -0.2) is 14.8 Å². The maximum absolute atomic E-state index is 5.89. The molecule has 0 aliphatic carbocycles. The summed E-state index contributed by atoms with van der Waals surface area (Å²) in [4.78, 5) is 0. The van der Waals surface area contributed by atoms with Crippen molar-refractivity contribution < 1.29 is 0 Å². The smallest absolute Gasteiger partial charge is 0.147 e. The van der Waals surface area contributed by atoms with E-state index in [1.807, 2.05) is 0 Å². The first-order chi connectivity index (χ1) is 7.47. The van der Waals surface area contributed by atoms with Gasteiger partial charge in [0.15, 0.2) is 0 Å². The van der Waals surface area contributed by atoms with Gasteiger partial charge in [0, 0.05) is 12.5 Å². The minimum absolute atomic E-state index is 0.420. The van der Waals surface area contributed by atoms with Gasteiger partial charge in [0.2, 0.25) is 0 Å². The van der Waals surface area contributed by atoms with Gasteiger partial charge in [-0.1, -0.05) is 34.6 Å². The molecule has 0 radical (unpaired) electrons. The second kappa shape index (κ2) is 5.67. The largest absolute Gasteiger partial charge is 0.313 e. The molecule has 1 aromatic heterocycles. The molecule has 1 aromatic rings. The zero-order chi connectivity index (χ0) is 12.3. The van der Waals surface area contributed by atoms with Gasteiger partial charge in [-0.2, -0.15) is 0 Å². The lowest BCUT2D eigenvalue weighted by molar-refractivity contribution is 0.444. The maximum Gasteiger partial charge on any atom is 0.147 e. The molecule has 1 unspecified atom stereocenters. The second-order valence-electron chi connectivity index (χ2n) is 5.15. The molecule has 0 aromatic carbocycles. The van der Waals surface area contributed by atoms with E-state index in [1.54, 1.807) is 0 Å². The van der Waals surface area contributed by atoms with Crippen LogP contribution in [0.25, 0.3) is 0 Å². The molecular weight excluding hydrogens is 222 g/mol. The second-order valence-corrected chi connectivity index (χ2v) is 5.41. The highest BCUT2D eigenvalue weighted by molar-refractivity contribution is 6.16. The molecular formula is C12H22ClN3. The molecule has 1 rings (SSSR count). The Bertz CT molecular complexity index is 331. The first kappa shape index (κ1) is 13.5. The predicted octanol–water partition coefficient (Wildman–Crippen LogP) is 3.43. The topological polar surface area (TPSA) is 30.7 Å². The van der Waals surface area contributed by atoms with Gasteiger partial charge in [-0.25, -0.2) is 0 Å². The Labute approximate surface area is 103 Å². The summed E-state index contributed by atoms with van der Waals surface area (Å²) in [6.07, 6.45) is 0. The highest BCUT2D eigenvalue weighted by atomic mass is 35.5. The highest BCUT2D eigenvalue weighted by Gasteiger charge is 2.20. The third-order valence-corrected chi connectivity index (χ3v) is 3.17. The van der Waals surface area contributed by atoms with Crippen molar-refractivity contribution in [3.05, 3.63) is 11.6 Å². The first-order valence-corrected chi connectivity index (χ1v) is 6.48. The van der Waals surface area contributed by atoms with Crippen LogP contribution >= 0.6 is 11.6 Å². The van der Waals surface area contributed by atoms with Gasteiger partial charge in [-0.3, -0.25) is 0 Å². The number of hydrogen-bond acceptors (Lipinski definition) is 2.